The number of para-hydroxylation sites is 1. The molecule has 0 saturated carbocycles. The number of benzene rings is 1. The second kappa shape index (κ2) is 2.70. The van der Waals surface area contributed by atoms with E-state index in [4.69, 9.17) is 4.74 Å². The highest BCUT2D eigenvalue weighted by Crippen LogP contribution is 2.33. The minimum Gasteiger partial charge on any atom is -0.402 e. The molecular formula is C11H7NO3. The molecule has 0 N–H and O–H groups in total. The fourth-order valence-corrected chi connectivity index (χ4v) is 1.84. The third-order valence-electron chi connectivity index (χ3n) is 2.52. The molecule has 2 aliphatic heterocycles. The molecule has 0 spiro atoms. The first-order chi connectivity index (χ1) is 7.27. The van der Waals surface area contributed by atoms with E-state index >= 15 is 0 Å². The molecule has 0 radical (unpaired) electrons. The lowest BCUT2D eigenvalue weighted by Gasteiger charge is -2.21. The molecule has 4 heteroatoms. The second-order valence-electron chi connectivity index (χ2n) is 3.41. The van der Waals surface area contributed by atoms with Gasteiger partial charge < -0.3 is 4.74 Å². The zero-order valence-electron chi connectivity index (χ0n) is 7.77. The Morgan fingerprint density at radius 1 is 1.20 bits per heavy atom. The predicted octanol–water partition coefficient (Wildman–Crippen LogP) is 0.974. The van der Waals surface area contributed by atoms with Crippen molar-refractivity contribution in [3.05, 3.63) is 41.8 Å². The summed E-state index contributed by atoms with van der Waals surface area (Å²) in [6.07, 6.45) is 2.42. The van der Waals surface area contributed by atoms with Crippen LogP contribution in [0.15, 0.2) is 36.2 Å². The molecule has 1 amide bonds. The van der Waals surface area contributed by atoms with Gasteiger partial charge in [0, 0.05) is 0 Å². The van der Waals surface area contributed by atoms with Crippen molar-refractivity contribution in [2.75, 3.05) is 4.90 Å². The normalized spacial score (nSPS) is 18.1. The van der Waals surface area contributed by atoms with Gasteiger partial charge in [0.05, 0.1) is 5.69 Å². The molecule has 2 heterocycles. The molecule has 4 nitrogen and oxygen atoms in total. The molecule has 1 aromatic rings. The maximum absolute atomic E-state index is 11.5. The van der Waals surface area contributed by atoms with E-state index in [9.17, 15) is 9.59 Å². The smallest absolute Gasteiger partial charge is 0.402 e. The second-order valence-corrected chi connectivity index (χ2v) is 3.41. The number of hydrogen-bond donors (Lipinski definition) is 0. The van der Waals surface area contributed by atoms with E-state index in [1.165, 1.54) is 4.90 Å². The van der Waals surface area contributed by atoms with Crippen LogP contribution in [0.5, 0.6) is 0 Å². The Labute approximate surface area is 85.8 Å². The molecule has 0 unspecified atom stereocenters. The van der Waals surface area contributed by atoms with Gasteiger partial charge in [0.1, 0.15) is 0 Å². The molecular weight excluding hydrogens is 194 g/mol. The number of amides is 1. The van der Waals surface area contributed by atoms with Crippen LogP contribution >= 0.6 is 0 Å². The largest absolute Gasteiger partial charge is 0.404 e. The van der Waals surface area contributed by atoms with Gasteiger partial charge in [0.25, 0.3) is 0 Å². The number of esters is 1. The number of allylic oxidation sites excluding steroid dienone is 1. The predicted molar refractivity (Wildman–Crippen MR) is 51.8 cm³/mol. The summed E-state index contributed by atoms with van der Waals surface area (Å²) in [6, 6.07) is 7.47. The van der Waals surface area contributed by atoms with Crippen LogP contribution in [0.2, 0.25) is 0 Å². The Kier molecular flexibility index (Phi) is 1.48. The van der Waals surface area contributed by atoms with E-state index in [0.717, 1.165) is 11.3 Å². The highest BCUT2D eigenvalue weighted by atomic mass is 16.6. The molecule has 3 rings (SSSR count). The minimum atomic E-state index is -0.807. The van der Waals surface area contributed by atoms with Crippen molar-refractivity contribution in [3.8, 4) is 0 Å². The monoisotopic (exact) mass is 201 g/mol. The number of fused-ring (bicyclic) bond motifs is 3. The van der Waals surface area contributed by atoms with E-state index in [0.29, 0.717) is 12.3 Å². The van der Waals surface area contributed by atoms with Crippen molar-refractivity contribution < 1.29 is 14.3 Å². The number of carbonyl (C=O) groups excluding carboxylic acids is 2. The van der Waals surface area contributed by atoms with Crippen molar-refractivity contribution in [2.24, 2.45) is 0 Å². The van der Waals surface area contributed by atoms with Gasteiger partial charge in [-0.3, -0.25) is 4.79 Å². The Morgan fingerprint density at radius 2 is 2.00 bits per heavy atom. The van der Waals surface area contributed by atoms with Crippen LogP contribution in [0.1, 0.15) is 5.56 Å². The van der Waals surface area contributed by atoms with Crippen LogP contribution in [0, 0.1) is 0 Å². The maximum atomic E-state index is 11.5. The quantitative estimate of drug-likeness (QED) is 0.464. The summed E-state index contributed by atoms with van der Waals surface area (Å²) in [7, 11) is 0. The summed E-state index contributed by atoms with van der Waals surface area (Å²) < 4.78 is 4.83. The zero-order valence-corrected chi connectivity index (χ0v) is 7.77. The van der Waals surface area contributed by atoms with Crippen LogP contribution in [0.3, 0.4) is 0 Å². The van der Waals surface area contributed by atoms with Crippen molar-refractivity contribution in [2.45, 2.75) is 6.42 Å². The Hall–Kier alpha value is -2.10. The standard InChI is InChI=1S/C11H7NO3/c13-10-11(14)15-9-6-5-7-3-1-2-4-8(7)12(9)10/h1-4,6H,5H2. The lowest BCUT2D eigenvalue weighted by Crippen LogP contribution is -2.28. The van der Waals surface area contributed by atoms with Gasteiger partial charge in [-0.1, -0.05) is 18.2 Å². The topological polar surface area (TPSA) is 46.6 Å². The highest BCUT2D eigenvalue weighted by molar-refractivity contribution is 6.41. The van der Waals surface area contributed by atoms with Gasteiger partial charge in [-0.25, -0.2) is 9.69 Å². The fourth-order valence-electron chi connectivity index (χ4n) is 1.84. The molecule has 0 atom stereocenters. The van der Waals surface area contributed by atoms with Crippen molar-refractivity contribution in [3.63, 3.8) is 0 Å². The number of nitrogens with zero attached hydrogens (tertiary/aromatic N) is 1. The molecule has 15 heavy (non-hydrogen) atoms. The van der Waals surface area contributed by atoms with Gasteiger partial charge in [-0.15, -0.1) is 0 Å². The first-order valence-corrected chi connectivity index (χ1v) is 4.62. The van der Waals surface area contributed by atoms with Gasteiger partial charge >= 0.3 is 11.9 Å². The molecule has 1 fully saturated rings. The Balaban J connectivity index is 2.18. The van der Waals surface area contributed by atoms with Crippen molar-refractivity contribution >= 4 is 17.6 Å². The highest BCUT2D eigenvalue weighted by Gasteiger charge is 2.40. The number of anilines is 1. The first kappa shape index (κ1) is 8.23. The van der Waals surface area contributed by atoms with E-state index in [2.05, 4.69) is 0 Å². The van der Waals surface area contributed by atoms with E-state index < -0.39 is 11.9 Å². The lowest BCUT2D eigenvalue weighted by atomic mass is 10.1. The third-order valence-corrected chi connectivity index (χ3v) is 2.52. The van der Waals surface area contributed by atoms with E-state index in [1.807, 2.05) is 24.3 Å². The lowest BCUT2D eigenvalue weighted by molar-refractivity contribution is -0.145. The first-order valence-electron chi connectivity index (χ1n) is 4.62. The van der Waals surface area contributed by atoms with Gasteiger partial charge in [-0.2, -0.15) is 0 Å². The average Bonchev–Trinajstić information content (AvgIpc) is 2.55. The van der Waals surface area contributed by atoms with Crippen LogP contribution in [0.4, 0.5) is 5.69 Å². The van der Waals surface area contributed by atoms with Gasteiger partial charge in [0.2, 0.25) is 5.88 Å². The summed E-state index contributed by atoms with van der Waals surface area (Å²) in [4.78, 5) is 23.9. The molecule has 0 bridgehead atoms. The molecule has 0 aromatic heterocycles. The number of rotatable bonds is 0. The molecule has 0 aliphatic carbocycles. The van der Waals surface area contributed by atoms with Gasteiger partial charge in [-0.05, 0) is 24.1 Å². The number of hydrogen-bond acceptors (Lipinski definition) is 3. The third kappa shape index (κ3) is 1.01. The Bertz CT molecular complexity index is 504. The van der Waals surface area contributed by atoms with Crippen LogP contribution in [-0.2, 0) is 20.7 Å². The molecule has 1 saturated heterocycles. The Morgan fingerprint density at radius 3 is 2.87 bits per heavy atom. The summed E-state index contributed by atoms with van der Waals surface area (Å²) >= 11 is 0. The maximum Gasteiger partial charge on any atom is 0.404 e. The van der Waals surface area contributed by atoms with Crippen LogP contribution in [-0.4, -0.2) is 11.9 Å². The molecule has 2 aliphatic rings. The summed E-state index contributed by atoms with van der Waals surface area (Å²) in [6.45, 7) is 0. The van der Waals surface area contributed by atoms with Crippen molar-refractivity contribution in [1.82, 2.24) is 0 Å². The SMILES string of the molecule is O=C1OC2=CCc3ccccc3N2C1=O. The fraction of sp³-hybridized carbons (Fsp3) is 0.0909. The van der Waals surface area contributed by atoms with E-state index in [-0.39, 0.29) is 0 Å². The molecule has 1 aromatic carbocycles. The number of carbonyl (C=O) groups is 2. The number of ether oxygens (including phenoxy) is 1. The van der Waals surface area contributed by atoms with Crippen molar-refractivity contribution in [1.29, 1.82) is 0 Å². The summed E-state index contributed by atoms with van der Waals surface area (Å²) in [5.41, 5.74) is 1.76. The zero-order chi connectivity index (χ0) is 10.4. The van der Waals surface area contributed by atoms with Gasteiger partial charge in [0.15, 0.2) is 0 Å². The average molecular weight is 201 g/mol. The van der Waals surface area contributed by atoms with Crippen LogP contribution in [0.25, 0.3) is 0 Å². The molecule has 74 valence electrons. The summed E-state index contributed by atoms with van der Waals surface area (Å²) in [5.74, 6) is -1.09. The van der Waals surface area contributed by atoms with E-state index in [1.54, 1.807) is 6.08 Å². The van der Waals surface area contributed by atoms with Crippen LogP contribution < -0.4 is 4.90 Å². The minimum absolute atomic E-state index is 0.337. The summed E-state index contributed by atoms with van der Waals surface area (Å²) in [5, 5.41) is 0.